The Morgan fingerprint density at radius 2 is 1.59 bits per heavy atom. The molecule has 3 N–H and O–H groups in total. The number of urea groups is 2. The number of carbonyl (C=O) groups is 3. The smallest absolute Gasteiger partial charge is 0.338 e. The number of ether oxygens (including phenoxy) is 2. The molecule has 0 radical (unpaired) electrons. The number of anilines is 2. The molecule has 2 aromatic rings. The predicted molar refractivity (Wildman–Crippen MR) is 143 cm³/mol. The fraction of sp³-hybridized carbons (Fsp3) is 0.393. The van der Waals surface area contributed by atoms with Gasteiger partial charge in [0.15, 0.2) is 0 Å². The molecule has 0 saturated carbocycles. The van der Waals surface area contributed by atoms with Gasteiger partial charge in [-0.2, -0.15) is 0 Å². The topological polar surface area (TPSA) is 109 Å². The number of carbonyl (C=O) groups excluding carboxylic acids is 3. The van der Waals surface area contributed by atoms with Crippen LogP contribution in [0.15, 0.2) is 59.8 Å². The summed E-state index contributed by atoms with van der Waals surface area (Å²) in [6, 6.07) is 12.8. The standard InChI is InChI=1S/C28H36N4O5/c1-6-16-32-19(5)24(26(33)37-17-18(3)4)25(31-28(32)35)20-8-10-21(11-9-20)29-27(34)30-22-12-14-23(15-13-22)36-7-2/h8-15,18,25H,6-7,16-17H2,1-5H3,(H,31,35)(H2,29,30,34)/t25-/m0/s1. The number of hydrogen-bond acceptors (Lipinski definition) is 5. The summed E-state index contributed by atoms with van der Waals surface area (Å²) in [5, 5.41) is 8.50. The van der Waals surface area contributed by atoms with Crippen molar-refractivity contribution in [3.05, 3.63) is 65.4 Å². The average molecular weight is 509 g/mol. The lowest BCUT2D eigenvalue weighted by atomic mass is 9.94. The molecule has 3 rings (SSSR count). The van der Waals surface area contributed by atoms with E-state index in [1.807, 2.05) is 27.7 Å². The molecular weight excluding hydrogens is 472 g/mol. The van der Waals surface area contributed by atoms with Crippen LogP contribution in [0.2, 0.25) is 0 Å². The largest absolute Gasteiger partial charge is 0.494 e. The van der Waals surface area contributed by atoms with E-state index < -0.39 is 18.0 Å². The van der Waals surface area contributed by atoms with Crippen molar-refractivity contribution in [2.75, 3.05) is 30.4 Å². The summed E-state index contributed by atoms with van der Waals surface area (Å²) < 4.78 is 10.9. The third-order valence-electron chi connectivity index (χ3n) is 5.74. The third kappa shape index (κ3) is 7.25. The second-order valence-corrected chi connectivity index (χ2v) is 9.18. The lowest BCUT2D eigenvalue weighted by Gasteiger charge is -2.35. The molecule has 0 saturated heterocycles. The monoisotopic (exact) mass is 508 g/mol. The molecule has 1 aliphatic rings. The van der Waals surface area contributed by atoms with Crippen LogP contribution in [-0.2, 0) is 9.53 Å². The summed E-state index contributed by atoms with van der Waals surface area (Å²) in [5.41, 5.74) is 2.89. The molecule has 4 amide bonds. The van der Waals surface area contributed by atoms with Gasteiger partial charge in [0.05, 0.1) is 24.8 Å². The Labute approximate surface area is 218 Å². The van der Waals surface area contributed by atoms with Crippen LogP contribution in [0.25, 0.3) is 0 Å². The molecule has 1 heterocycles. The Bertz CT molecular complexity index is 1130. The number of amides is 4. The lowest BCUT2D eigenvalue weighted by molar-refractivity contribution is -0.140. The van der Waals surface area contributed by atoms with Crippen molar-refractivity contribution >= 4 is 29.4 Å². The fourth-order valence-electron chi connectivity index (χ4n) is 3.96. The number of nitrogens with zero attached hydrogens (tertiary/aromatic N) is 1. The van der Waals surface area contributed by atoms with Crippen molar-refractivity contribution in [1.82, 2.24) is 10.2 Å². The van der Waals surface area contributed by atoms with Gasteiger partial charge in [-0.1, -0.05) is 32.9 Å². The maximum Gasteiger partial charge on any atom is 0.338 e. The summed E-state index contributed by atoms with van der Waals surface area (Å²) in [5.74, 6) is 0.468. The maximum absolute atomic E-state index is 13.1. The fourth-order valence-corrected chi connectivity index (χ4v) is 3.96. The molecule has 2 aromatic carbocycles. The highest BCUT2D eigenvalue weighted by Gasteiger charge is 2.36. The molecule has 1 aliphatic heterocycles. The molecule has 0 aromatic heterocycles. The Morgan fingerprint density at radius 3 is 2.14 bits per heavy atom. The highest BCUT2D eigenvalue weighted by atomic mass is 16.5. The summed E-state index contributed by atoms with van der Waals surface area (Å²) in [4.78, 5) is 39.9. The minimum absolute atomic E-state index is 0.187. The molecule has 0 aliphatic carbocycles. The van der Waals surface area contributed by atoms with Crippen LogP contribution in [0.5, 0.6) is 5.75 Å². The number of allylic oxidation sites excluding steroid dienone is 1. The molecule has 37 heavy (non-hydrogen) atoms. The number of benzene rings is 2. The van der Waals surface area contributed by atoms with E-state index in [1.54, 1.807) is 60.4 Å². The van der Waals surface area contributed by atoms with Crippen molar-refractivity contribution in [2.45, 2.75) is 47.1 Å². The lowest BCUT2D eigenvalue weighted by Crippen LogP contribution is -2.48. The first-order valence-electron chi connectivity index (χ1n) is 12.6. The van der Waals surface area contributed by atoms with Gasteiger partial charge in [0, 0.05) is 23.6 Å². The minimum atomic E-state index is -0.660. The molecule has 0 unspecified atom stereocenters. The van der Waals surface area contributed by atoms with Gasteiger partial charge in [0.2, 0.25) is 0 Å². The van der Waals surface area contributed by atoms with Crippen LogP contribution >= 0.6 is 0 Å². The van der Waals surface area contributed by atoms with E-state index in [4.69, 9.17) is 9.47 Å². The van der Waals surface area contributed by atoms with Crippen molar-refractivity contribution < 1.29 is 23.9 Å². The van der Waals surface area contributed by atoms with Gasteiger partial charge in [-0.15, -0.1) is 0 Å². The Morgan fingerprint density at radius 1 is 1.00 bits per heavy atom. The quantitative estimate of drug-likeness (QED) is 0.358. The van der Waals surface area contributed by atoms with Gasteiger partial charge >= 0.3 is 18.0 Å². The number of hydrogen-bond donors (Lipinski definition) is 3. The summed E-state index contributed by atoms with van der Waals surface area (Å²) in [7, 11) is 0. The van der Waals surface area contributed by atoms with Gasteiger partial charge in [0.25, 0.3) is 0 Å². The van der Waals surface area contributed by atoms with E-state index in [2.05, 4.69) is 16.0 Å². The van der Waals surface area contributed by atoms with Gasteiger partial charge in [0.1, 0.15) is 5.75 Å². The number of nitrogens with one attached hydrogen (secondary N) is 3. The van der Waals surface area contributed by atoms with Crippen molar-refractivity contribution in [3.8, 4) is 5.75 Å². The van der Waals surface area contributed by atoms with Gasteiger partial charge in [-0.05, 0) is 68.1 Å². The van der Waals surface area contributed by atoms with Crippen molar-refractivity contribution in [3.63, 3.8) is 0 Å². The van der Waals surface area contributed by atoms with E-state index in [-0.39, 0.29) is 18.6 Å². The molecule has 0 bridgehead atoms. The first-order valence-corrected chi connectivity index (χ1v) is 12.6. The second kappa shape index (κ2) is 12.8. The molecule has 0 spiro atoms. The van der Waals surface area contributed by atoms with E-state index in [0.717, 1.165) is 12.2 Å². The highest BCUT2D eigenvalue weighted by Crippen LogP contribution is 2.32. The highest BCUT2D eigenvalue weighted by molar-refractivity contribution is 6.00. The molecule has 0 fully saturated rings. The molecule has 1 atom stereocenters. The first kappa shape index (κ1) is 27.6. The third-order valence-corrected chi connectivity index (χ3v) is 5.74. The van der Waals surface area contributed by atoms with E-state index in [0.29, 0.717) is 41.4 Å². The van der Waals surface area contributed by atoms with Crippen LogP contribution < -0.4 is 20.7 Å². The average Bonchev–Trinajstić information content (AvgIpc) is 2.86. The molecule has 9 nitrogen and oxygen atoms in total. The molecule has 9 heteroatoms. The van der Waals surface area contributed by atoms with Crippen LogP contribution in [0.1, 0.15) is 52.6 Å². The Hall–Kier alpha value is -4.01. The predicted octanol–water partition coefficient (Wildman–Crippen LogP) is 5.68. The zero-order valence-corrected chi connectivity index (χ0v) is 22.1. The van der Waals surface area contributed by atoms with E-state index in [1.165, 1.54) is 0 Å². The van der Waals surface area contributed by atoms with Crippen molar-refractivity contribution in [2.24, 2.45) is 5.92 Å². The van der Waals surface area contributed by atoms with E-state index >= 15 is 0 Å². The van der Waals surface area contributed by atoms with Gasteiger partial charge < -0.3 is 25.4 Å². The number of esters is 1. The van der Waals surface area contributed by atoms with Crippen LogP contribution in [-0.4, -0.2) is 42.7 Å². The molecule has 198 valence electrons. The van der Waals surface area contributed by atoms with Gasteiger partial charge in [-0.25, -0.2) is 14.4 Å². The SMILES string of the molecule is CCCN1C(=O)N[C@@H](c2ccc(NC(=O)Nc3ccc(OCC)cc3)cc2)C(C(=O)OCC(C)C)=C1C. The van der Waals surface area contributed by atoms with Crippen LogP contribution in [0.3, 0.4) is 0 Å². The zero-order valence-electron chi connectivity index (χ0n) is 22.1. The van der Waals surface area contributed by atoms with Crippen LogP contribution in [0.4, 0.5) is 21.0 Å². The van der Waals surface area contributed by atoms with Gasteiger partial charge in [-0.3, -0.25) is 4.90 Å². The normalized spacial score (nSPS) is 15.4. The number of rotatable bonds is 10. The Balaban J connectivity index is 1.75. The first-order chi connectivity index (χ1) is 17.7. The van der Waals surface area contributed by atoms with Crippen molar-refractivity contribution in [1.29, 1.82) is 0 Å². The maximum atomic E-state index is 13.1. The summed E-state index contributed by atoms with van der Waals surface area (Å²) in [6.07, 6.45) is 0.753. The van der Waals surface area contributed by atoms with Crippen LogP contribution in [0, 0.1) is 5.92 Å². The van der Waals surface area contributed by atoms with E-state index in [9.17, 15) is 14.4 Å². The zero-order chi connectivity index (χ0) is 26.9. The summed E-state index contributed by atoms with van der Waals surface area (Å²) in [6.45, 7) is 10.9. The molecular formula is C28H36N4O5. The second-order valence-electron chi connectivity index (χ2n) is 9.18. The Kier molecular flexibility index (Phi) is 9.54. The minimum Gasteiger partial charge on any atom is -0.494 e. The summed E-state index contributed by atoms with van der Waals surface area (Å²) >= 11 is 0.